The maximum absolute atomic E-state index is 6.25. The minimum atomic E-state index is -0.114. The fraction of sp³-hybridized carbons (Fsp3) is 0.385. The first kappa shape index (κ1) is 13.2. The summed E-state index contributed by atoms with van der Waals surface area (Å²) in [7, 11) is 1.94. The number of aromatic nitrogens is 3. The van der Waals surface area contributed by atoms with E-state index in [9.17, 15) is 0 Å². The largest absolute Gasteiger partial charge is 0.322 e. The van der Waals surface area contributed by atoms with Crippen LogP contribution in [0.5, 0.6) is 0 Å². The van der Waals surface area contributed by atoms with Crippen molar-refractivity contribution < 1.29 is 0 Å². The first-order valence-electron chi connectivity index (χ1n) is 5.85. The van der Waals surface area contributed by atoms with Gasteiger partial charge in [-0.3, -0.25) is 9.67 Å². The molecule has 1 atom stereocenters. The van der Waals surface area contributed by atoms with Gasteiger partial charge in [-0.15, -0.1) is 0 Å². The smallest absolute Gasteiger partial charge is 0.0738 e. The van der Waals surface area contributed by atoms with Gasteiger partial charge in [-0.2, -0.15) is 5.10 Å². The zero-order chi connectivity index (χ0) is 13.3. The molecular weight excluding hydrogens is 292 g/mol. The van der Waals surface area contributed by atoms with Crippen LogP contribution in [0.4, 0.5) is 0 Å². The Bertz CT molecular complexity index is 562. The van der Waals surface area contributed by atoms with Crippen molar-refractivity contribution in [3.8, 4) is 0 Å². The molecule has 0 fully saturated rings. The van der Waals surface area contributed by atoms with Crippen molar-refractivity contribution in [3.05, 3.63) is 45.4 Å². The molecule has 0 aliphatic heterocycles. The zero-order valence-corrected chi connectivity index (χ0v) is 12.4. The van der Waals surface area contributed by atoms with E-state index in [0.717, 1.165) is 33.5 Å². The van der Waals surface area contributed by atoms with Crippen LogP contribution in [-0.2, 0) is 13.5 Å². The molecule has 18 heavy (non-hydrogen) atoms. The molecule has 2 N–H and O–H groups in total. The minimum absolute atomic E-state index is 0.114. The molecule has 0 saturated heterocycles. The molecule has 5 heteroatoms. The summed E-state index contributed by atoms with van der Waals surface area (Å²) in [6.07, 6.45) is 2.50. The lowest BCUT2D eigenvalue weighted by atomic mass is 10.0. The third kappa shape index (κ3) is 2.47. The van der Waals surface area contributed by atoms with Crippen molar-refractivity contribution >= 4 is 15.9 Å². The van der Waals surface area contributed by atoms with Gasteiger partial charge in [0.25, 0.3) is 0 Å². The third-order valence-corrected chi connectivity index (χ3v) is 4.11. The number of rotatable bonds is 3. The molecule has 0 aliphatic rings. The first-order chi connectivity index (χ1) is 8.50. The summed E-state index contributed by atoms with van der Waals surface area (Å²) in [6, 6.07) is 3.85. The molecule has 0 amide bonds. The highest BCUT2D eigenvalue weighted by molar-refractivity contribution is 9.10. The molecule has 2 heterocycles. The number of aryl methyl sites for hydroxylation is 3. The quantitative estimate of drug-likeness (QED) is 0.947. The summed E-state index contributed by atoms with van der Waals surface area (Å²) in [5.41, 5.74) is 10.4. The summed E-state index contributed by atoms with van der Waals surface area (Å²) in [5, 5.41) is 4.37. The van der Waals surface area contributed by atoms with E-state index in [2.05, 4.69) is 26.0 Å². The summed E-state index contributed by atoms with van der Waals surface area (Å²) >= 11 is 3.56. The summed E-state index contributed by atoms with van der Waals surface area (Å²) in [4.78, 5) is 4.37. The van der Waals surface area contributed by atoms with Crippen molar-refractivity contribution in [2.24, 2.45) is 12.8 Å². The average Bonchev–Trinajstić information content (AvgIpc) is 2.56. The van der Waals surface area contributed by atoms with Gasteiger partial charge >= 0.3 is 0 Å². The monoisotopic (exact) mass is 308 g/mol. The molecule has 2 aromatic rings. The number of nitrogens with zero attached hydrogens (tertiary/aromatic N) is 3. The van der Waals surface area contributed by atoms with Gasteiger partial charge in [0.2, 0.25) is 0 Å². The van der Waals surface area contributed by atoms with Gasteiger partial charge in [-0.1, -0.05) is 6.07 Å². The summed E-state index contributed by atoms with van der Waals surface area (Å²) in [6.45, 7) is 4.01. The molecule has 0 saturated carbocycles. The van der Waals surface area contributed by atoms with Crippen molar-refractivity contribution in [2.75, 3.05) is 0 Å². The number of hydrogen-bond donors (Lipinski definition) is 1. The van der Waals surface area contributed by atoms with Crippen LogP contribution in [0.25, 0.3) is 0 Å². The normalized spacial score (nSPS) is 12.7. The molecule has 0 bridgehead atoms. The van der Waals surface area contributed by atoms with Crippen molar-refractivity contribution in [1.82, 2.24) is 14.8 Å². The number of nitrogens with two attached hydrogens (primary N) is 1. The second-order valence-corrected chi connectivity index (χ2v) is 5.28. The van der Waals surface area contributed by atoms with Gasteiger partial charge in [0.05, 0.1) is 27.6 Å². The second-order valence-electron chi connectivity index (χ2n) is 4.49. The Kier molecular flexibility index (Phi) is 3.82. The van der Waals surface area contributed by atoms with Crippen LogP contribution in [0.15, 0.2) is 22.8 Å². The highest BCUT2D eigenvalue weighted by Crippen LogP contribution is 2.25. The van der Waals surface area contributed by atoms with E-state index in [4.69, 9.17) is 5.73 Å². The van der Waals surface area contributed by atoms with Crippen LogP contribution in [-0.4, -0.2) is 14.8 Å². The molecule has 0 aliphatic carbocycles. The topological polar surface area (TPSA) is 56.7 Å². The summed E-state index contributed by atoms with van der Waals surface area (Å²) < 4.78 is 2.91. The third-order valence-electron chi connectivity index (χ3n) is 3.08. The van der Waals surface area contributed by atoms with Crippen LogP contribution in [0.3, 0.4) is 0 Å². The molecule has 2 aromatic heterocycles. The first-order valence-corrected chi connectivity index (χ1v) is 6.65. The maximum Gasteiger partial charge on any atom is 0.0738 e. The average molecular weight is 309 g/mol. The number of hydrogen-bond acceptors (Lipinski definition) is 3. The van der Waals surface area contributed by atoms with Crippen molar-refractivity contribution in [1.29, 1.82) is 0 Å². The van der Waals surface area contributed by atoms with Crippen LogP contribution < -0.4 is 5.73 Å². The van der Waals surface area contributed by atoms with Crippen LogP contribution in [0.2, 0.25) is 0 Å². The summed E-state index contributed by atoms with van der Waals surface area (Å²) in [5.74, 6) is 0. The molecule has 0 aromatic carbocycles. The Labute approximate surface area is 115 Å². The SMILES string of the molecule is Cc1cccnc1C(N)Cc1c(Br)c(C)nn1C. The predicted molar refractivity (Wildman–Crippen MR) is 75.3 cm³/mol. The highest BCUT2D eigenvalue weighted by atomic mass is 79.9. The van der Waals surface area contributed by atoms with Gasteiger partial charge in [-0.25, -0.2) is 0 Å². The maximum atomic E-state index is 6.25. The van der Waals surface area contributed by atoms with Gasteiger partial charge in [0, 0.05) is 19.7 Å². The zero-order valence-electron chi connectivity index (χ0n) is 10.8. The van der Waals surface area contributed by atoms with Gasteiger partial charge in [0.15, 0.2) is 0 Å². The Balaban J connectivity index is 2.27. The molecule has 2 rings (SSSR count). The van der Waals surface area contributed by atoms with E-state index >= 15 is 0 Å². The molecule has 4 nitrogen and oxygen atoms in total. The molecule has 0 spiro atoms. The Hall–Kier alpha value is -1.20. The fourth-order valence-corrected chi connectivity index (χ4v) is 2.59. The van der Waals surface area contributed by atoms with Gasteiger partial charge in [-0.05, 0) is 41.4 Å². The lowest BCUT2D eigenvalue weighted by Gasteiger charge is -2.13. The van der Waals surface area contributed by atoms with Gasteiger partial charge < -0.3 is 5.73 Å². The lowest BCUT2D eigenvalue weighted by Crippen LogP contribution is -2.18. The van der Waals surface area contributed by atoms with Crippen molar-refractivity contribution in [2.45, 2.75) is 26.3 Å². The second kappa shape index (κ2) is 5.20. The van der Waals surface area contributed by atoms with E-state index in [0.29, 0.717) is 0 Å². The van der Waals surface area contributed by atoms with Gasteiger partial charge in [0.1, 0.15) is 0 Å². The fourth-order valence-electron chi connectivity index (χ4n) is 2.09. The highest BCUT2D eigenvalue weighted by Gasteiger charge is 2.17. The van der Waals surface area contributed by atoms with E-state index < -0.39 is 0 Å². The van der Waals surface area contributed by atoms with Crippen LogP contribution in [0.1, 0.15) is 28.7 Å². The lowest BCUT2D eigenvalue weighted by molar-refractivity contribution is 0.624. The van der Waals surface area contributed by atoms with E-state index in [-0.39, 0.29) is 6.04 Å². The number of pyridine rings is 1. The van der Waals surface area contributed by atoms with E-state index in [1.807, 2.05) is 37.7 Å². The van der Waals surface area contributed by atoms with E-state index in [1.165, 1.54) is 0 Å². The van der Waals surface area contributed by atoms with Crippen LogP contribution >= 0.6 is 15.9 Å². The predicted octanol–water partition coefficient (Wildman–Crippen LogP) is 2.44. The van der Waals surface area contributed by atoms with Crippen molar-refractivity contribution in [3.63, 3.8) is 0 Å². The minimum Gasteiger partial charge on any atom is -0.322 e. The standard InChI is InChI=1S/C13H17BrN4/c1-8-5-4-6-16-13(8)10(15)7-11-12(14)9(2)17-18(11)3/h4-6,10H,7,15H2,1-3H3. The van der Waals surface area contributed by atoms with E-state index in [1.54, 1.807) is 6.20 Å². The Morgan fingerprint density at radius 1 is 1.44 bits per heavy atom. The Morgan fingerprint density at radius 3 is 2.72 bits per heavy atom. The van der Waals surface area contributed by atoms with Crippen LogP contribution in [0, 0.1) is 13.8 Å². The molecule has 1 unspecified atom stereocenters. The molecule has 96 valence electrons. The molecular formula is C13H17BrN4. The molecule has 0 radical (unpaired) electrons. The number of halogens is 1. The Morgan fingerprint density at radius 2 is 2.17 bits per heavy atom.